The van der Waals surface area contributed by atoms with Crippen LogP contribution < -0.4 is 10.1 Å². The summed E-state index contributed by atoms with van der Waals surface area (Å²) in [6.07, 6.45) is 0.605. The van der Waals surface area contributed by atoms with E-state index >= 15 is 0 Å². The molecule has 0 aliphatic rings. The van der Waals surface area contributed by atoms with E-state index in [1.165, 1.54) is 0 Å². The molecule has 4 nitrogen and oxygen atoms in total. The Bertz CT molecular complexity index is 462. The summed E-state index contributed by atoms with van der Waals surface area (Å²) in [5, 5.41) is 12.4. The number of hydrogen-bond acceptors (Lipinski definition) is 3. The second kappa shape index (κ2) is 7.64. The topological polar surface area (TPSA) is 58.6 Å². The molecule has 0 spiro atoms. The van der Waals surface area contributed by atoms with Crippen LogP contribution in [0.3, 0.4) is 0 Å². The smallest absolute Gasteiger partial charge is 0.320 e. The van der Waals surface area contributed by atoms with Crippen LogP contribution in [0.2, 0.25) is 0 Å². The Morgan fingerprint density at radius 3 is 2.50 bits per heavy atom. The van der Waals surface area contributed by atoms with Gasteiger partial charge < -0.3 is 9.84 Å². The van der Waals surface area contributed by atoms with Crippen molar-refractivity contribution >= 4 is 21.9 Å². The highest BCUT2D eigenvalue weighted by atomic mass is 79.9. The predicted octanol–water partition coefficient (Wildman–Crippen LogP) is 3.61. The van der Waals surface area contributed by atoms with Gasteiger partial charge in [-0.1, -0.05) is 35.8 Å². The van der Waals surface area contributed by atoms with Crippen LogP contribution in [0.1, 0.15) is 38.8 Å². The lowest BCUT2D eigenvalue weighted by atomic mass is 10.0. The van der Waals surface area contributed by atoms with Crippen molar-refractivity contribution in [3.63, 3.8) is 0 Å². The van der Waals surface area contributed by atoms with Gasteiger partial charge in [0.15, 0.2) is 0 Å². The standard InChI is InChI=1S/C15H22BrNO3/c1-9(2)7-14(15(18)19)17-10(3)12-6-5-11(20-4)8-13(12)16/h5-6,8-10,14,17H,7H2,1-4H3,(H,18,19). The van der Waals surface area contributed by atoms with E-state index < -0.39 is 12.0 Å². The van der Waals surface area contributed by atoms with Gasteiger partial charge in [0.2, 0.25) is 0 Å². The van der Waals surface area contributed by atoms with E-state index in [1.807, 2.05) is 39.0 Å². The monoisotopic (exact) mass is 343 g/mol. The normalized spacial score (nSPS) is 14.1. The Morgan fingerprint density at radius 2 is 2.05 bits per heavy atom. The third kappa shape index (κ3) is 4.80. The van der Waals surface area contributed by atoms with Crippen molar-refractivity contribution in [3.8, 4) is 5.75 Å². The van der Waals surface area contributed by atoms with Crippen LogP contribution in [0, 0.1) is 5.92 Å². The van der Waals surface area contributed by atoms with Gasteiger partial charge >= 0.3 is 5.97 Å². The number of methoxy groups -OCH3 is 1. The van der Waals surface area contributed by atoms with Gasteiger partial charge in [0.05, 0.1) is 7.11 Å². The molecule has 0 radical (unpaired) electrons. The Morgan fingerprint density at radius 1 is 1.40 bits per heavy atom. The molecule has 0 heterocycles. The molecule has 0 saturated carbocycles. The molecule has 1 rings (SSSR count). The summed E-state index contributed by atoms with van der Waals surface area (Å²) in [5.74, 6) is 0.287. The molecule has 0 amide bonds. The first-order valence-corrected chi connectivity index (χ1v) is 7.46. The molecule has 0 aromatic heterocycles. The summed E-state index contributed by atoms with van der Waals surface area (Å²) in [6.45, 7) is 6.00. The number of halogens is 1. The first kappa shape index (κ1) is 17.0. The molecule has 112 valence electrons. The maximum Gasteiger partial charge on any atom is 0.320 e. The van der Waals surface area contributed by atoms with Crippen LogP contribution in [-0.2, 0) is 4.79 Å². The summed E-state index contributed by atoms with van der Waals surface area (Å²) >= 11 is 3.50. The van der Waals surface area contributed by atoms with Crippen LogP contribution in [0.4, 0.5) is 0 Å². The van der Waals surface area contributed by atoms with Crippen molar-refractivity contribution in [2.24, 2.45) is 5.92 Å². The molecule has 1 aromatic carbocycles. The van der Waals surface area contributed by atoms with Gasteiger partial charge in [-0.25, -0.2) is 0 Å². The minimum Gasteiger partial charge on any atom is -0.497 e. The van der Waals surface area contributed by atoms with Crippen LogP contribution in [0.25, 0.3) is 0 Å². The highest BCUT2D eigenvalue weighted by molar-refractivity contribution is 9.10. The second-order valence-corrected chi connectivity index (χ2v) is 6.15. The number of carboxylic acids is 1. The van der Waals surface area contributed by atoms with Gasteiger partial charge in [-0.2, -0.15) is 0 Å². The van der Waals surface area contributed by atoms with E-state index in [9.17, 15) is 9.90 Å². The van der Waals surface area contributed by atoms with E-state index in [0.29, 0.717) is 12.3 Å². The second-order valence-electron chi connectivity index (χ2n) is 5.30. The number of hydrogen-bond donors (Lipinski definition) is 2. The fourth-order valence-corrected chi connectivity index (χ4v) is 2.79. The maximum absolute atomic E-state index is 11.3. The fraction of sp³-hybridized carbons (Fsp3) is 0.533. The average molecular weight is 344 g/mol. The number of ether oxygens (including phenoxy) is 1. The van der Waals surface area contributed by atoms with Crippen LogP contribution in [0.15, 0.2) is 22.7 Å². The average Bonchev–Trinajstić information content (AvgIpc) is 2.36. The predicted molar refractivity (Wildman–Crippen MR) is 83.1 cm³/mol. The van der Waals surface area contributed by atoms with Crippen LogP contribution in [-0.4, -0.2) is 24.2 Å². The zero-order valence-corrected chi connectivity index (χ0v) is 13.9. The minimum absolute atomic E-state index is 0.0601. The van der Waals surface area contributed by atoms with Crippen molar-refractivity contribution in [3.05, 3.63) is 28.2 Å². The van der Waals surface area contributed by atoms with Crippen molar-refractivity contribution in [1.82, 2.24) is 5.32 Å². The highest BCUT2D eigenvalue weighted by Crippen LogP contribution is 2.28. The summed E-state index contributed by atoms with van der Waals surface area (Å²) in [5.41, 5.74) is 1.01. The number of carboxylic acid groups (broad SMARTS) is 1. The zero-order valence-electron chi connectivity index (χ0n) is 12.3. The molecule has 20 heavy (non-hydrogen) atoms. The fourth-order valence-electron chi connectivity index (χ4n) is 2.09. The number of aliphatic carboxylic acids is 1. The molecule has 2 N–H and O–H groups in total. The quantitative estimate of drug-likeness (QED) is 0.793. The summed E-state index contributed by atoms with van der Waals surface area (Å²) in [6, 6.07) is 5.09. The van der Waals surface area contributed by atoms with E-state index in [0.717, 1.165) is 15.8 Å². The molecule has 0 fully saturated rings. The number of rotatable bonds is 7. The summed E-state index contributed by atoms with van der Waals surface area (Å²) in [7, 11) is 1.62. The van der Waals surface area contributed by atoms with Crippen molar-refractivity contribution in [1.29, 1.82) is 0 Å². The Hall–Kier alpha value is -1.07. The SMILES string of the molecule is COc1ccc(C(C)NC(CC(C)C)C(=O)O)c(Br)c1. The molecule has 0 saturated heterocycles. The maximum atomic E-state index is 11.3. The molecule has 1 aromatic rings. The van der Waals surface area contributed by atoms with Gasteiger partial charge in [-0.15, -0.1) is 0 Å². The minimum atomic E-state index is -0.810. The first-order chi connectivity index (χ1) is 9.35. The highest BCUT2D eigenvalue weighted by Gasteiger charge is 2.22. The van der Waals surface area contributed by atoms with Crippen LogP contribution >= 0.6 is 15.9 Å². The lowest BCUT2D eigenvalue weighted by Gasteiger charge is -2.23. The first-order valence-electron chi connectivity index (χ1n) is 6.67. The lowest BCUT2D eigenvalue weighted by Crippen LogP contribution is -2.39. The number of benzene rings is 1. The Kier molecular flexibility index (Phi) is 6.49. The number of carbonyl (C=O) groups is 1. The van der Waals surface area contributed by atoms with Crippen molar-refractivity contribution in [2.75, 3.05) is 7.11 Å². The van der Waals surface area contributed by atoms with E-state index in [2.05, 4.69) is 21.2 Å². The third-order valence-electron chi connectivity index (χ3n) is 3.13. The van der Waals surface area contributed by atoms with Crippen molar-refractivity contribution in [2.45, 2.75) is 39.3 Å². The number of nitrogens with one attached hydrogen (secondary N) is 1. The van der Waals surface area contributed by atoms with Gasteiger partial charge in [-0.05, 0) is 37.0 Å². The zero-order chi connectivity index (χ0) is 15.3. The van der Waals surface area contributed by atoms with Gasteiger partial charge in [0.25, 0.3) is 0 Å². The molecular formula is C15H22BrNO3. The molecule has 0 aliphatic heterocycles. The van der Waals surface area contributed by atoms with Crippen molar-refractivity contribution < 1.29 is 14.6 Å². The summed E-state index contributed by atoms with van der Waals surface area (Å²) < 4.78 is 6.07. The third-order valence-corrected chi connectivity index (χ3v) is 3.82. The van der Waals surface area contributed by atoms with Crippen LogP contribution in [0.5, 0.6) is 5.75 Å². The van der Waals surface area contributed by atoms with Gasteiger partial charge in [-0.3, -0.25) is 10.1 Å². The van der Waals surface area contributed by atoms with E-state index in [4.69, 9.17) is 4.74 Å². The Balaban J connectivity index is 2.83. The molecule has 0 bridgehead atoms. The van der Waals surface area contributed by atoms with E-state index in [1.54, 1.807) is 7.11 Å². The van der Waals surface area contributed by atoms with E-state index in [-0.39, 0.29) is 6.04 Å². The molecule has 2 unspecified atom stereocenters. The lowest BCUT2D eigenvalue weighted by molar-refractivity contribution is -0.140. The van der Waals surface area contributed by atoms with Gasteiger partial charge in [0.1, 0.15) is 11.8 Å². The Labute approximate surface area is 128 Å². The molecule has 5 heteroatoms. The largest absolute Gasteiger partial charge is 0.497 e. The summed E-state index contributed by atoms with van der Waals surface area (Å²) in [4.78, 5) is 11.3. The van der Waals surface area contributed by atoms with Gasteiger partial charge in [0, 0.05) is 10.5 Å². The molecule has 0 aliphatic carbocycles. The molecule has 2 atom stereocenters. The molecular weight excluding hydrogens is 322 g/mol.